The van der Waals surface area contributed by atoms with E-state index in [1.54, 1.807) is 77.9 Å². The van der Waals surface area contributed by atoms with Crippen molar-refractivity contribution < 1.29 is 86.6 Å². The number of imide groups is 1. The van der Waals surface area contributed by atoms with E-state index in [1.807, 2.05) is 65.0 Å². The molecule has 29 heteroatoms. The van der Waals surface area contributed by atoms with Gasteiger partial charge in [0.2, 0.25) is 35.4 Å². The van der Waals surface area contributed by atoms with Gasteiger partial charge in [-0.25, -0.2) is 9.59 Å². The molecule has 102 heavy (non-hydrogen) atoms. The first-order valence-electron chi connectivity index (χ1n) is 35.6. The number of aliphatic hydroxyl groups excluding tert-OH is 2. The highest BCUT2D eigenvalue weighted by atomic mass is 16.6. The molecule has 1 heterocycles. The summed E-state index contributed by atoms with van der Waals surface area (Å²) in [7, 11) is 6.19. The molecule has 0 aromatic heterocycles. The van der Waals surface area contributed by atoms with Gasteiger partial charge < -0.3 is 76.4 Å². The largest absolute Gasteiger partial charge is 0.445 e. The van der Waals surface area contributed by atoms with Crippen LogP contribution >= 0.6 is 0 Å². The van der Waals surface area contributed by atoms with Crippen molar-refractivity contribution in [2.24, 2.45) is 47.2 Å². The molecule has 570 valence electrons. The van der Waals surface area contributed by atoms with Crippen LogP contribution in [0.5, 0.6) is 0 Å². The zero-order chi connectivity index (χ0) is 75.9. The molecule has 2 aromatic carbocycles. The first-order valence-corrected chi connectivity index (χ1v) is 35.6. The Hall–Kier alpha value is -7.93. The molecule has 7 unspecified atom stereocenters. The lowest BCUT2D eigenvalue weighted by Crippen LogP contribution is -2.60. The summed E-state index contributed by atoms with van der Waals surface area (Å²) in [4.78, 5) is 149. The summed E-state index contributed by atoms with van der Waals surface area (Å²) in [5.41, 5.74) is 6.81. The average Bonchev–Trinajstić information content (AvgIpc) is 1.49. The number of primary amides is 1. The third-order valence-electron chi connectivity index (χ3n) is 19.0. The van der Waals surface area contributed by atoms with E-state index in [0.29, 0.717) is 36.1 Å². The predicted octanol–water partition coefficient (Wildman–Crippen LogP) is 4.23. The monoisotopic (exact) mass is 1430 g/mol. The molecule has 0 bridgehead atoms. The molecule has 0 radical (unpaired) electrons. The van der Waals surface area contributed by atoms with Gasteiger partial charge in [0, 0.05) is 103 Å². The molecule has 2 aromatic rings. The van der Waals surface area contributed by atoms with Crippen LogP contribution in [-0.4, -0.2) is 219 Å². The van der Waals surface area contributed by atoms with E-state index in [2.05, 4.69) is 37.2 Å². The number of methoxy groups -OCH3 is 2. The highest BCUT2D eigenvalue weighted by Crippen LogP contribution is 2.40. The lowest BCUT2D eigenvalue weighted by molar-refractivity contribution is -0.145. The maximum Gasteiger partial charge on any atom is 0.410 e. The average molecular weight is 1430 g/mol. The third-order valence-corrected chi connectivity index (χ3v) is 19.0. The smallest absolute Gasteiger partial charge is 0.410 e. The molecule has 0 spiro atoms. The summed E-state index contributed by atoms with van der Waals surface area (Å²) < 4.78 is 28.9. The number of urea groups is 1. The molecule has 1 fully saturated rings. The number of carbonyl (C=O) groups excluding carboxylic acids is 11. The van der Waals surface area contributed by atoms with Gasteiger partial charge in [-0.05, 0) is 85.5 Å². The first-order chi connectivity index (χ1) is 48.4. The molecular weight excluding hydrogens is 1320 g/mol. The summed E-state index contributed by atoms with van der Waals surface area (Å²) >= 11 is 0. The number of anilines is 1. The summed E-state index contributed by atoms with van der Waals surface area (Å²) in [5.74, 6) is -6.56. The fourth-order valence-electron chi connectivity index (χ4n) is 13.0. The summed E-state index contributed by atoms with van der Waals surface area (Å²) in [6.45, 7) is 18.7. The van der Waals surface area contributed by atoms with E-state index in [1.165, 1.54) is 19.1 Å². The van der Waals surface area contributed by atoms with E-state index in [-0.39, 0.29) is 108 Å². The van der Waals surface area contributed by atoms with Crippen LogP contribution in [0.15, 0.2) is 66.7 Å². The van der Waals surface area contributed by atoms with Gasteiger partial charge in [-0.1, -0.05) is 118 Å². The Labute approximate surface area is 600 Å². The Morgan fingerprint density at radius 1 is 0.686 bits per heavy atom. The van der Waals surface area contributed by atoms with Crippen LogP contribution in [0.2, 0.25) is 0 Å². The number of rotatable bonds is 46. The number of ketones is 1. The molecule has 1 aliphatic heterocycles. The van der Waals surface area contributed by atoms with Gasteiger partial charge >= 0.3 is 12.1 Å². The van der Waals surface area contributed by atoms with Gasteiger partial charge in [-0.2, -0.15) is 0 Å². The van der Waals surface area contributed by atoms with Crippen LogP contribution in [0, 0.1) is 41.4 Å². The van der Waals surface area contributed by atoms with Crippen molar-refractivity contribution in [3.63, 3.8) is 0 Å². The highest BCUT2D eigenvalue weighted by Gasteiger charge is 2.45. The molecule has 0 saturated heterocycles. The van der Waals surface area contributed by atoms with Crippen molar-refractivity contribution in [2.75, 3.05) is 79.7 Å². The zero-order valence-corrected chi connectivity index (χ0v) is 62.0. The fourth-order valence-corrected chi connectivity index (χ4v) is 13.0. The first kappa shape index (κ1) is 86.5. The van der Waals surface area contributed by atoms with Crippen molar-refractivity contribution in [3.8, 4) is 0 Å². The second kappa shape index (κ2) is 43.9. The standard InChI is InChI=1S/C73H115N11O18/c1-15-46(8)64(56(98-13)41-55(85)52-23-19-24-53(52)66(99-14)47(9)67(91)77-48(10)65(90)50-21-17-16-18-22-50)82(11)71(95)62(44(4)5)81-70(94)63(45(6)7)83(12)73(97)102-42-49-26-28-51(29-27-49)78-68(92)54(25-20-34-76-72(74)96)79-69(93)61(43(2)3)80-58(87)33-37-100-39-40-101-38-35-75-57(86)32-36-84-59(88)30-31-60(84)89/h16-18,21-22,26-31,43-48,52-54,56,61-67,77,90-91H,15,19-20,23-25,32-42H2,1-14H3,(H,75,86)(H,78,92)(H,79,93)(H,80,87)(H,81,94)(H3,74,76,96)/t46-,47-,48-,52?,53?,54?,56+,61?,62?,63?,64-,65-,66-,67?/m0/s1. The summed E-state index contributed by atoms with van der Waals surface area (Å²) in [6.07, 6.45) is 1.19. The molecule has 2 aliphatic rings. The number of Topliss-reactive ketones (excluding diaryl/α,β-unsaturated/α-hetero) is 1. The molecule has 1 saturated carbocycles. The molecule has 11 amide bonds. The van der Waals surface area contributed by atoms with Gasteiger partial charge in [-0.15, -0.1) is 0 Å². The van der Waals surface area contributed by atoms with Crippen LogP contribution in [0.4, 0.5) is 15.3 Å². The quantitative estimate of drug-likeness (QED) is 0.0252. The van der Waals surface area contributed by atoms with Crippen molar-refractivity contribution in [1.82, 2.24) is 46.6 Å². The molecule has 29 nitrogen and oxygen atoms in total. The highest BCUT2D eigenvalue weighted by molar-refractivity contribution is 6.13. The van der Waals surface area contributed by atoms with Gasteiger partial charge in [0.1, 0.15) is 42.8 Å². The number of benzene rings is 2. The minimum absolute atomic E-state index is 0.00110. The maximum absolute atomic E-state index is 14.9. The molecule has 14 atom stereocenters. The van der Waals surface area contributed by atoms with E-state index >= 15 is 0 Å². The SMILES string of the molecule is CC[C@H](C)[C@@H]([C@@H](CC(=O)C1CCCC1[C@@H](OC)[C@H](C)C(O)N[C@@H](C)[C@H](O)c1ccccc1)OC)N(C)C(=O)C(NC(=O)C(C(C)C)N(C)C(=O)OCc1ccc(NC(=O)C(CCCNC(N)=O)NC(=O)C(NC(=O)CCOCCOCCNC(=O)CCN2C(=O)C=CC2=O)C(C)C)cc1)C(C)C. The fraction of sp³-hybridized carbons (Fsp3) is 0.658. The van der Waals surface area contributed by atoms with Crippen LogP contribution in [0.25, 0.3) is 0 Å². The van der Waals surface area contributed by atoms with Gasteiger partial charge in [-0.3, -0.25) is 58.3 Å². The van der Waals surface area contributed by atoms with E-state index in [0.717, 1.165) is 23.5 Å². The number of nitrogens with two attached hydrogens (primary N) is 1. The van der Waals surface area contributed by atoms with Crippen LogP contribution in [0.1, 0.15) is 144 Å². The predicted molar refractivity (Wildman–Crippen MR) is 381 cm³/mol. The maximum atomic E-state index is 14.9. The third kappa shape index (κ3) is 27.0. The minimum Gasteiger partial charge on any atom is -0.445 e. The van der Waals surface area contributed by atoms with Gasteiger partial charge in [0.25, 0.3) is 11.8 Å². The normalized spacial score (nSPS) is 18.0. The number of hydrogen-bond acceptors (Lipinski definition) is 19. The Morgan fingerprint density at radius 3 is 1.91 bits per heavy atom. The Balaban J connectivity index is 1.32. The molecule has 1 aliphatic carbocycles. The summed E-state index contributed by atoms with van der Waals surface area (Å²) in [6, 6.07) is 9.37. The van der Waals surface area contributed by atoms with Crippen molar-refractivity contribution in [3.05, 3.63) is 77.9 Å². The number of nitrogens with zero attached hydrogens (tertiary/aromatic N) is 3. The number of ether oxygens (including phenoxy) is 5. The number of aliphatic hydroxyl groups is 2. The van der Waals surface area contributed by atoms with Crippen molar-refractivity contribution in [1.29, 1.82) is 0 Å². The Kier molecular flexibility index (Phi) is 37.2. The van der Waals surface area contributed by atoms with E-state index in [9.17, 15) is 63.0 Å². The summed E-state index contributed by atoms with van der Waals surface area (Å²) in [5, 5.41) is 41.9. The number of amides is 11. The second-order valence-corrected chi connectivity index (χ2v) is 27.6. The minimum atomic E-state index is -1.14. The van der Waals surface area contributed by atoms with Crippen LogP contribution < -0.4 is 43.0 Å². The number of carbonyl (C=O) groups is 11. The van der Waals surface area contributed by atoms with Crippen LogP contribution in [0.3, 0.4) is 0 Å². The number of likely N-dealkylation sites (N-methyl/N-ethyl adjacent to an activating group) is 2. The number of hydrogen-bond donors (Lipinski definition) is 10. The lowest BCUT2D eigenvalue weighted by atomic mass is 9.79. The molecule has 11 N–H and O–H groups in total. The van der Waals surface area contributed by atoms with E-state index < -0.39 is 144 Å². The Bertz CT molecular complexity index is 3050. The molecular formula is C73H115N11O18. The van der Waals surface area contributed by atoms with Crippen LogP contribution in [-0.2, 0) is 73.4 Å². The Morgan fingerprint density at radius 2 is 1.32 bits per heavy atom. The van der Waals surface area contributed by atoms with E-state index in [4.69, 9.17) is 29.4 Å². The van der Waals surface area contributed by atoms with Crippen molar-refractivity contribution >= 4 is 70.9 Å². The zero-order valence-electron chi connectivity index (χ0n) is 62.0. The van der Waals surface area contributed by atoms with Gasteiger partial charge in [0.05, 0.1) is 50.8 Å². The topological polar surface area (TPSA) is 394 Å². The number of nitrogens with one attached hydrogen (secondary N) is 7. The second-order valence-electron chi connectivity index (χ2n) is 27.6. The molecule has 4 rings (SSSR count). The van der Waals surface area contributed by atoms with Gasteiger partial charge in [0.15, 0.2) is 0 Å². The lowest BCUT2D eigenvalue weighted by Gasteiger charge is -2.41. The van der Waals surface area contributed by atoms with Crippen molar-refractivity contribution in [2.45, 2.75) is 194 Å².